The minimum Gasteiger partial charge on any atom is -0.303 e. The van der Waals surface area contributed by atoms with Gasteiger partial charge in [-0.15, -0.1) is 0 Å². The molecule has 118 valence electrons. The molecular weight excluding hydrogens is 250 g/mol. The van der Waals surface area contributed by atoms with Gasteiger partial charge in [0.15, 0.2) is 5.78 Å². The third kappa shape index (κ3) is 6.65. The molecule has 0 rings (SSSR count). The molecule has 0 fully saturated rings. The normalized spacial score (nSPS) is 16.1. The molecule has 0 aromatic heterocycles. The van der Waals surface area contributed by atoms with Crippen LogP contribution in [0.3, 0.4) is 0 Å². The number of hydrogen-bond acceptors (Lipinski definition) is 3. The average molecular weight is 283 g/mol. The van der Waals surface area contributed by atoms with E-state index in [2.05, 4.69) is 26.1 Å². The summed E-state index contributed by atoms with van der Waals surface area (Å²) in [6.07, 6.45) is 0.321. The van der Waals surface area contributed by atoms with Crippen LogP contribution in [0.15, 0.2) is 0 Å². The lowest BCUT2D eigenvalue weighted by Gasteiger charge is -2.31. The Kier molecular flexibility index (Phi) is 6.60. The van der Waals surface area contributed by atoms with E-state index in [1.165, 1.54) is 0 Å². The van der Waals surface area contributed by atoms with Crippen LogP contribution < -0.4 is 5.32 Å². The first-order valence-corrected chi connectivity index (χ1v) is 7.60. The average Bonchev–Trinajstić information content (AvgIpc) is 2.21. The number of hydrogen-bond donors (Lipinski definition) is 1. The van der Waals surface area contributed by atoms with E-state index in [4.69, 9.17) is 0 Å². The molecule has 0 heterocycles. The monoisotopic (exact) mass is 283 g/mol. The highest BCUT2D eigenvalue weighted by molar-refractivity contribution is 5.92. The summed E-state index contributed by atoms with van der Waals surface area (Å²) in [4.78, 5) is 24.7. The number of carbonyl (C=O) groups excluding carboxylic acids is 2. The van der Waals surface area contributed by atoms with Crippen LogP contribution in [0, 0.1) is 17.3 Å². The van der Waals surface area contributed by atoms with Crippen LogP contribution in [0.4, 0.5) is 0 Å². The standard InChI is InChI=1S/C17H33NO2/c1-11(2)14(18-17(7,8)9)13(19)10-12(3)15(20)16(4,5)6/h11-12,14,18H,10H2,1-9H3. The second kappa shape index (κ2) is 6.84. The van der Waals surface area contributed by atoms with Gasteiger partial charge in [-0.2, -0.15) is 0 Å². The van der Waals surface area contributed by atoms with Crippen molar-refractivity contribution in [2.45, 2.75) is 80.3 Å². The van der Waals surface area contributed by atoms with E-state index in [1.54, 1.807) is 0 Å². The van der Waals surface area contributed by atoms with E-state index in [0.29, 0.717) is 6.42 Å². The highest BCUT2D eigenvalue weighted by Crippen LogP contribution is 2.23. The number of Topliss-reactive ketones (excluding diaryl/α,β-unsaturated/α-hetero) is 2. The van der Waals surface area contributed by atoms with E-state index < -0.39 is 0 Å². The molecule has 0 spiro atoms. The van der Waals surface area contributed by atoms with E-state index in [-0.39, 0.29) is 40.4 Å². The summed E-state index contributed by atoms with van der Waals surface area (Å²) in [5.74, 6) is 0.299. The number of carbonyl (C=O) groups is 2. The molecule has 0 bridgehead atoms. The molecule has 0 aliphatic carbocycles. The third-order valence-corrected chi connectivity index (χ3v) is 3.30. The van der Waals surface area contributed by atoms with Crippen molar-refractivity contribution in [2.75, 3.05) is 0 Å². The van der Waals surface area contributed by atoms with Gasteiger partial charge < -0.3 is 5.32 Å². The Morgan fingerprint density at radius 1 is 0.950 bits per heavy atom. The predicted octanol–water partition coefficient (Wildman–Crippen LogP) is 3.61. The maximum atomic E-state index is 12.5. The van der Waals surface area contributed by atoms with Crippen LogP contribution in [0.1, 0.15) is 68.7 Å². The van der Waals surface area contributed by atoms with Gasteiger partial charge in [0.25, 0.3) is 0 Å². The quantitative estimate of drug-likeness (QED) is 0.810. The first-order valence-electron chi connectivity index (χ1n) is 7.60. The maximum Gasteiger partial charge on any atom is 0.150 e. The van der Waals surface area contributed by atoms with Crippen LogP contribution in [0.5, 0.6) is 0 Å². The molecule has 0 aromatic carbocycles. The van der Waals surface area contributed by atoms with E-state index in [1.807, 2.05) is 41.5 Å². The molecule has 3 nitrogen and oxygen atoms in total. The summed E-state index contributed by atoms with van der Waals surface area (Å²) in [5.41, 5.74) is -0.494. The van der Waals surface area contributed by atoms with Gasteiger partial charge in [-0.25, -0.2) is 0 Å². The smallest absolute Gasteiger partial charge is 0.150 e. The molecule has 0 aromatic rings. The van der Waals surface area contributed by atoms with Gasteiger partial charge in [-0.3, -0.25) is 9.59 Å². The molecule has 3 heteroatoms. The van der Waals surface area contributed by atoms with Crippen molar-refractivity contribution in [1.29, 1.82) is 0 Å². The molecule has 0 radical (unpaired) electrons. The Balaban J connectivity index is 4.83. The Bertz CT molecular complexity index is 345. The van der Waals surface area contributed by atoms with Crippen LogP contribution in [0.2, 0.25) is 0 Å². The van der Waals surface area contributed by atoms with E-state index in [9.17, 15) is 9.59 Å². The van der Waals surface area contributed by atoms with Gasteiger partial charge in [0, 0.05) is 23.3 Å². The SMILES string of the molecule is CC(CC(=O)C(NC(C)(C)C)C(C)C)C(=O)C(C)(C)C. The van der Waals surface area contributed by atoms with Gasteiger partial charge in [-0.05, 0) is 26.7 Å². The van der Waals surface area contributed by atoms with Gasteiger partial charge >= 0.3 is 0 Å². The first-order chi connectivity index (χ1) is 8.75. The molecule has 0 aliphatic heterocycles. The van der Waals surface area contributed by atoms with Gasteiger partial charge in [-0.1, -0.05) is 41.5 Å². The molecule has 1 N–H and O–H groups in total. The predicted molar refractivity (Wildman–Crippen MR) is 84.8 cm³/mol. The third-order valence-electron chi connectivity index (χ3n) is 3.30. The Labute approximate surface area is 124 Å². The lowest BCUT2D eigenvalue weighted by Crippen LogP contribution is -2.51. The zero-order chi connectivity index (χ0) is 16.3. The highest BCUT2D eigenvalue weighted by atomic mass is 16.1. The van der Waals surface area contributed by atoms with Gasteiger partial charge in [0.1, 0.15) is 5.78 Å². The number of rotatable bonds is 6. The lowest BCUT2D eigenvalue weighted by atomic mass is 9.80. The summed E-state index contributed by atoms with van der Waals surface area (Å²) in [5, 5.41) is 3.38. The molecular formula is C17H33NO2. The second-order valence-corrected chi connectivity index (χ2v) is 8.30. The zero-order valence-corrected chi connectivity index (χ0v) is 14.8. The summed E-state index contributed by atoms with van der Waals surface area (Å²) < 4.78 is 0. The first kappa shape index (κ1) is 19.3. The van der Waals surface area contributed by atoms with Crippen LogP contribution >= 0.6 is 0 Å². The minimum atomic E-state index is -0.384. The fourth-order valence-corrected chi connectivity index (χ4v) is 2.35. The topological polar surface area (TPSA) is 46.2 Å². The summed E-state index contributed by atoms with van der Waals surface area (Å²) in [6, 6.07) is -0.190. The van der Waals surface area contributed by atoms with Crippen LogP contribution in [-0.4, -0.2) is 23.1 Å². The molecule has 2 atom stereocenters. The van der Waals surface area contributed by atoms with Crippen molar-refractivity contribution >= 4 is 11.6 Å². The van der Waals surface area contributed by atoms with E-state index in [0.717, 1.165) is 0 Å². The van der Waals surface area contributed by atoms with Gasteiger partial charge in [0.05, 0.1) is 6.04 Å². The molecule has 2 unspecified atom stereocenters. The Hall–Kier alpha value is -0.700. The fourth-order valence-electron chi connectivity index (χ4n) is 2.35. The van der Waals surface area contributed by atoms with Gasteiger partial charge in [0.2, 0.25) is 0 Å². The van der Waals surface area contributed by atoms with Crippen LogP contribution in [0.25, 0.3) is 0 Å². The summed E-state index contributed by atoms with van der Waals surface area (Å²) in [6.45, 7) is 17.8. The van der Waals surface area contributed by atoms with Crippen molar-refractivity contribution in [3.8, 4) is 0 Å². The highest BCUT2D eigenvalue weighted by Gasteiger charge is 2.32. The second-order valence-electron chi connectivity index (χ2n) is 8.30. The minimum absolute atomic E-state index is 0.109. The van der Waals surface area contributed by atoms with Crippen molar-refractivity contribution < 1.29 is 9.59 Å². The summed E-state index contributed by atoms with van der Waals surface area (Å²) >= 11 is 0. The molecule has 0 saturated carbocycles. The van der Waals surface area contributed by atoms with Crippen LogP contribution in [-0.2, 0) is 9.59 Å². The zero-order valence-electron chi connectivity index (χ0n) is 14.8. The maximum absolute atomic E-state index is 12.5. The molecule has 0 aliphatic rings. The van der Waals surface area contributed by atoms with Crippen molar-refractivity contribution in [3.05, 3.63) is 0 Å². The largest absolute Gasteiger partial charge is 0.303 e. The van der Waals surface area contributed by atoms with Crippen molar-refractivity contribution in [2.24, 2.45) is 17.3 Å². The van der Waals surface area contributed by atoms with Crippen molar-refractivity contribution in [3.63, 3.8) is 0 Å². The molecule has 0 saturated heterocycles. The molecule has 0 amide bonds. The lowest BCUT2D eigenvalue weighted by molar-refractivity contribution is -0.133. The fraction of sp³-hybridized carbons (Fsp3) is 0.882. The Morgan fingerprint density at radius 3 is 1.70 bits per heavy atom. The van der Waals surface area contributed by atoms with Crippen molar-refractivity contribution in [1.82, 2.24) is 5.32 Å². The van der Waals surface area contributed by atoms with E-state index >= 15 is 0 Å². The molecule has 20 heavy (non-hydrogen) atoms. The number of nitrogens with one attached hydrogen (secondary N) is 1. The summed E-state index contributed by atoms with van der Waals surface area (Å²) in [7, 11) is 0. The Morgan fingerprint density at radius 2 is 1.40 bits per heavy atom. The number of ketones is 2.